The summed E-state index contributed by atoms with van der Waals surface area (Å²) in [5.74, 6) is 0.684. The highest BCUT2D eigenvalue weighted by Crippen LogP contribution is 2.37. The van der Waals surface area contributed by atoms with E-state index in [1.807, 2.05) is 10.9 Å². The van der Waals surface area contributed by atoms with Gasteiger partial charge >= 0.3 is 6.09 Å². The number of fused-ring (bicyclic) bond motifs is 1. The van der Waals surface area contributed by atoms with Crippen LogP contribution in [0.3, 0.4) is 0 Å². The minimum absolute atomic E-state index is 0.00776. The van der Waals surface area contributed by atoms with Crippen molar-refractivity contribution in [3.63, 3.8) is 0 Å². The zero-order valence-electron chi connectivity index (χ0n) is 21.6. The number of carboxylic acid groups (broad SMARTS) is 1. The third-order valence-corrected chi connectivity index (χ3v) is 7.89. The van der Waals surface area contributed by atoms with E-state index in [1.54, 1.807) is 11.8 Å². The molecule has 2 heterocycles. The minimum Gasteiger partial charge on any atom is -0.465 e. The third-order valence-electron chi connectivity index (χ3n) is 6.88. The first kappa shape index (κ1) is 26.1. The molecule has 0 spiro atoms. The van der Waals surface area contributed by atoms with E-state index in [0.717, 1.165) is 59.2 Å². The van der Waals surface area contributed by atoms with Crippen molar-refractivity contribution in [1.29, 1.82) is 0 Å². The Morgan fingerprint density at radius 2 is 1.84 bits per heavy atom. The van der Waals surface area contributed by atoms with Gasteiger partial charge in [-0.15, -0.1) is 11.8 Å². The smallest absolute Gasteiger partial charge is 0.404 e. The van der Waals surface area contributed by atoms with Gasteiger partial charge in [0.05, 0.1) is 11.7 Å². The Labute approximate surface area is 227 Å². The fourth-order valence-electron chi connectivity index (χ4n) is 5.08. The van der Waals surface area contributed by atoms with Crippen molar-refractivity contribution < 1.29 is 14.6 Å². The fraction of sp³-hybridized carbons (Fsp3) is 0.290. The van der Waals surface area contributed by atoms with Crippen molar-refractivity contribution in [3.05, 3.63) is 95.7 Å². The van der Waals surface area contributed by atoms with Gasteiger partial charge in [0.1, 0.15) is 0 Å². The van der Waals surface area contributed by atoms with E-state index in [2.05, 4.69) is 85.0 Å². The molecule has 1 fully saturated rings. The van der Waals surface area contributed by atoms with Crippen molar-refractivity contribution in [2.45, 2.75) is 43.7 Å². The molecule has 1 aliphatic heterocycles. The van der Waals surface area contributed by atoms with Crippen LogP contribution >= 0.6 is 11.8 Å². The van der Waals surface area contributed by atoms with Crippen LogP contribution in [0.5, 0.6) is 0 Å². The molecule has 0 bridgehead atoms. The zero-order chi connectivity index (χ0) is 26.3. The van der Waals surface area contributed by atoms with E-state index in [1.165, 1.54) is 16.7 Å². The van der Waals surface area contributed by atoms with Gasteiger partial charge in [-0.3, -0.25) is 0 Å². The molecule has 0 aliphatic carbocycles. The number of hydrogen-bond donors (Lipinski definition) is 2. The summed E-state index contributed by atoms with van der Waals surface area (Å²) in [5, 5.41) is 17.0. The van der Waals surface area contributed by atoms with Crippen LogP contribution in [0.1, 0.15) is 55.5 Å². The van der Waals surface area contributed by atoms with Crippen molar-refractivity contribution in [2.75, 3.05) is 18.9 Å². The molecule has 1 amide bonds. The molecule has 38 heavy (non-hydrogen) atoms. The molecule has 3 aromatic carbocycles. The monoisotopic (exact) mass is 527 g/mol. The number of thioether (sulfide) groups is 1. The highest BCUT2D eigenvalue weighted by atomic mass is 32.2. The van der Waals surface area contributed by atoms with Gasteiger partial charge in [-0.05, 0) is 77.8 Å². The number of aromatic nitrogens is 2. The Balaban J connectivity index is 1.52. The second-order valence-electron chi connectivity index (χ2n) is 9.36. The van der Waals surface area contributed by atoms with Crippen LogP contribution in [-0.2, 0) is 4.74 Å². The summed E-state index contributed by atoms with van der Waals surface area (Å²) in [6, 6.07) is 25.8. The highest BCUT2D eigenvalue weighted by molar-refractivity contribution is 7.99. The Hall–Kier alpha value is -3.55. The van der Waals surface area contributed by atoms with Crippen molar-refractivity contribution in [3.8, 4) is 0 Å². The molecule has 1 atom stereocenters. The second kappa shape index (κ2) is 12.3. The number of nitrogens with one attached hydrogen (secondary N) is 1. The topological polar surface area (TPSA) is 76.4 Å². The summed E-state index contributed by atoms with van der Waals surface area (Å²) < 4.78 is 8.04. The maximum atomic E-state index is 10.7. The Kier molecular flexibility index (Phi) is 8.46. The lowest BCUT2D eigenvalue weighted by atomic mass is 9.88. The summed E-state index contributed by atoms with van der Waals surface area (Å²) in [6.45, 7) is 3.41. The SMILES string of the molecule is CCC(=C(c1ccc(SCCNC(=O)O)cc1)c1ccc2c(cnn2C2CCCCO2)c1)c1ccccc1. The number of rotatable bonds is 9. The molecule has 1 saturated heterocycles. The molecule has 1 aliphatic rings. The molecule has 196 valence electrons. The van der Waals surface area contributed by atoms with Crippen LogP contribution in [0.25, 0.3) is 22.0 Å². The van der Waals surface area contributed by atoms with Crippen LogP contribution in [-0.4, -0.2) is 39.9 Å². The van der Waals surface area contributed by atoms with Gasteiger partial charge in [0.2, 0.25) is 0 Å². The average molecular weight is 528 g/mol. The summed E-state index contributed by atoms with van der Waals surface area (Å²) in [5.41, 5.74) is 7.13. The first-order valence-electron chi connectivity index (χ1n) is 13.2. The molecule has 5 rings (SSSR count). The van der Waals surface area contributed by atoms with Gasteiger partial charge in [-0.2, -0.15) is 5.10 Å². The number of ether oxygens (including phenoxy) is 1. The van der Waals surface area contributed by atoms with Crippen LogP contribution in [0, 0.1) is 0 Å². The summed E-state index contributed by atoms with van der Waals surface area (Å²) in [4.78, 5) is 11.8. The van der Waals surface area contributed by atoms with E-state index >= 15 is 0 Å². The zero-order valence-corrected chi connectivity index (χ0v) is 22.4. The van der Waals surface area contributed by atoms with E-state index in [-0.39, 0.29) is 6.23 Å². The third kappa shape index (κ3) is 5.95. The van der Waals surface area contributed by atoms with Gasteiger partial charge in [0.15, 0.2) is 6.23 Å². The van der Waals surface area contributed by atoms with Crippen LogP contribution in [0.15, 0.2) is 83.9 Å². The quantitative estimate of drug-likeness (QED) is 0.134. The highest BCUT2D eigenvalue weighted by Gasteiger charge is 2.20. The maximum Gasteiger partial charge on any atom is 0.404 e. The summed E-state index contributed by atoms with van der Waals surface area (Å²) >= 11 is 1.64. The van der Waals surface area contributed by atoms with E-state index < -0.39 is 6.09 Å². The van der Waals surface area contributed by atoms with Crippen LogP contribution in [0.2, 0.25) is 0 Å². The predicted octanol–water partition coefficient (Wildman–Crippen LogP) is 7.46. The molecule has 7 heteroatoms. The Bertz CT molecular complexity index is 1410. The first-order chi connectivity index (χ1) is 18.6. The largest absolute Gasteiger partial charge is 0.465 e. The lowest BCUT2D eigenvalue weighted by molar-refractivity contribution is -0.0366. The summed E-state index contributed by atoms with van der Waals surface area (Å²) in [6.07, 6.45) is 5.14. The van der Waals surface area contributed by atoms with E-state index in [9.17, 15) is 4.79 Å². The van der Waals surface area contributed by atoms with Gasteiger partial charge in [-0.1, -0.05) is 55.5 Å². The summed E-state index contributed by atoms with van der Waals surface area (Å²) in [7, 11) is 0. The van der Waals surface area contributed by atoms with E-state index in [4.69, 9.17) is 14.9 Å². The lowest BCUT2D eigenvalue weighted by Gasteiger charge is -2.23. The number of amides is 1. The lowest BCUT2D eigenvalue weighted by Crippen LogP contribution is -2.23. The van der Waals surface area contributed by atoms with Gasteiger partial charge < -0.3 is 15.2 Å². The molecule has 2 N–H and O–H groups in total. The van der Waals surface area contributed by atoms with Crippen molar-refractivity contribution >= 4 is 39.9 Å². The number of carbonyl (C=O) groups is 1. The number of nitrogens with zero attached hydrogens (tertiary/aromatic N) is 2. The normalized spacial score (nSPS) is 16.3. The maximum absolute atomic E-state index is 10.7. The van der Waals surface area contributed by atoms with Crippen LogP contribution < -0.4 is 5.32 Å². The molecule has 1 unspecified atom stereocenters. The second-order valence-corrected chi connectivity index (χ2v) is 10.5. The van der Waals surface area contributed by atoms with Gasteiger partial charge in [0, 0.05) is 29.2 Å². The molecule has 1 aromatic heterocycles. The number of benzene rings is 3. The molecule has 0 radical (unpaired) electrons. The Morgan fingerprint density at radius 3 is 2.55 bits per heavy atom. The Morgan fingerprint density at radius 1 is 1.05 bits per heavy atom. The average Bonchev–Trinajstić information content (AvgIpc) is 3.39. The van der Waals surface area contributed by atoms with Crippen molar-refractivity contribution in [1.82, 2.24) is 15.1 Å². The van der Waals surface area contributed by atoms with Crippen LogP contribution in [0.4, 0.5) is 4.79 Å². The van der Waals surface area contributed by atoms with Gasteiger partial charge in [-0.25, -0.2) is 9.48 Å². The minimum atomic E-state index is -0.988. The fourth-order valence-corrected chi connectivity index (χ4v) is 5.85. The molecule has 6 nitrogen and oxygen atoms in total. The molecule has 4 aromatic rings. The number of allylic oxidation sites excluding steroid dienone is 1. The van der Waals surface area contributed by atoms with Gasteiger partial charge in [0.25, 0.3) is 0 Å². The van der Waals surface area contributed by atoms with E-state index in [0.29, 0.717) is 12.3 Å². The van der Waals surface area contributed by atoms with Crippen molar-refractivity contribution in [2.24, 2.45) is 0 Å². The number of hydrogen-bond acceptors (Lipinski definition) is 4. The molecular weight excluding hydrogens is 494 g/mol. The molecular formula is C31H33N3O3S. The standard InChI is InChI=1S/C31H33N3O3S/c1-2-27(22-8-4-3-5-9-22)30(23-11-14-26(15-12-23)38-19-17-32-31(35)36)24-13-16-28-25(20-24)21-33-34(28)29-10-6-7-18-37-29/h3-5,8-9,11-16,20-21,29,32H,2,6-7,10,17-19H2,1H3,(H,35,36). The first-order valence-corrected chi connectivity index (χ1v) is 14.2. The predicted molar refractivity (Wildman–Crippen MR) is 154 cm³/mol. The molecule has 0 saturated carbocycles.